The molecule has 4 heteroatoms. The number of allylic oxidation sites excluding steroid dienone is 9. The van der Waals surface area contributed by atoms with Crippen molar-refractivity contribution in [3.05, 3.63) is 70.9 Å². The number of rotatable bonds is 17. The Balaban J connectivity index is 3.45. The van der Waals surface area contributed by atoms with E-state index in [9.17, 15) is 14.9 Å². The SMILES string of the molecule is O=CCCCCCC=CCC=CCC=CCC=CCC=CCC[N+](=O)[O-]. The van der Waals surface area contributed by atoms with E-state index in [4.69, 9.17) is 0 Å². The number of hydrogen-bond acceptors (Lipinski definition) is 3. The number of aldehydes is 1. The van der Waals surface area contributed by atoms with Crippen molar-refractivity contribution < 1.29 is 9.72 Å². The van der Waals surface area contributed by atoms with Crippen molar-refractivity contribution in [3.8, 4) is 0 Å². The van der Waals surface area contributed by atoms with E-state index in [1.165, 1.54) is 6.42 Å². The maximum Gasteiger partial charge on any atom is 0.207 e. The van der Waals surface area contributed by atoms with Gasteiger partial charge < -0.3 is 4.79 Å². The molecular weight excluding hydrogens is 326 g/mol. The first-order valence-electron chi connectivity index (χ1n) is 9.57. The third-order valence-corrected chi connectivity index (χ3v) is 3.59. The van der Waals surface area contributed by atoms with Crippen LogP contribution in [0.3, 0.4) is 0 Å². The second-order valence-electron chi connectivity index (χ2n) is 5.95. The molecule has 0 aromatic heterocycles. The topological polar surface area (TPSA) is 60.2 Å². The van der Waals surface area contributed by atoms with Crippen LogP contribution >= 0.6 is 0 Å². The van der Waals surface area contributed by atoms with E-state index in [1.54, 1.807) is 0 Å². The van der Waals surface area contributed by atoms with Gasteiger partial charge in [-0.2, -0.15) is 0 Å². The van der Waals surface area contributed by atoms with Crippen molar-refractivity contribution in [1.29, 1.82) is 0 Å². The summed E-state index contributed by atoms with van der Waals surface area (Å²) in [6, 6.07) is 0. The molecule has 0 rings (SSSR count). The smallest absolute Gasteiger partial charge is 0.207 e. The van der Waals surface area contributed by atoms with E-state index in [1.807, 2.05) is 12.2 Å². The fourth-order valence-electron chi connectivity index (χ4n) is 2.17. The minimum absolute atomic E-state index is 0.00867. The first kappa shape index (κ1) is 23.8. The van der Waals surface area contributed by atoms with E-state index in [0.29, 0.717) is 12.8 Å². The van der Waals surface area contributed by atoms with Crippen molar-refractivity contribution in [2.75, 3.05) is 6.54 Å². The lowest BCUT2D eigenvalue weighted by molar-refractivity contribution is -0.478. The lowest BCUT2D eigenvalue weighted by Crippen LogP contribution is -1.97. The van der Waals surface area contributed by atoms with E-state index in [-0.39, 0.29) is 11.5 Å². The number of unbranched alkanes of at least 4 members (excludes halogenated alkanes) is 4. The lowest BCUT2D eigenvalue weighted by Gasteiger charge is -1.93. The zero-order chi connectivity index (χ0) is 19.1. The molecule has 0 aliphatic heterocycles. The molecule has 0 saturated heterocycles. The van der Waals surface area contributed by atoms with E-state index in [0.717, 1.165) is 51.2 Å². The highest BCUT2D eigenvalue weighted by Gasteiger charge is 1.89. The monoisotopic (exact) mass is 359 g/mol. The summed E-state index contributed by atoms with van der Waals surface area (Å²) in [5.41, 5.74) is 0. The highest BCUT2D eigenvalue weighted by atomic mass is 16.6. The predicted molar refractivity (Wildman–Crippen MR) is 110 cm³/mol. The van der Waals surface area contributed by atoms with Crippen LogP contribution in [0.2, 0.25) is 0 Å². The van der Waals surface area contributed by atoms with Gasteiger partial charge in [-0.15, -0.1) is 0 Å². The van der Waals surface area contributed by atoms with Crippen LogP contribution < -0.4 is 0 Å². The van der Waals surface area contributed by atoms with Crippen LogP contribution in [0.4, 0.5) is 0 Å². The number of carbonyl (C=O) groups is 1. The number of hydrogen-bond donors (Lipinski definition) is 0. The molecule has 0 N–H and O–H groups in total. The first-order chi connectivity index (χ1) is 12.8. The Morgan fingerprint density at radius 2 is 1.00 bits per heavy atom. The molecular formula is C22H33NO3. The summed E-state index contributed by atoms with van der Waals surface area (Å²) < 4.78 is 0. The molecule has 0 aromatic carbocycles. The van der Waals surface area contributed by atoms with Gasteiger partial charge in [-0.1, -0.05) is 67.2 Å². The van der Waals surface area contributed by atoms with Crippen molar-refractivity contribution in [2.24, 2.45) is 0 Å². The van der Waals surface area contributed by atoms with Gasteiger partial charge in [0.25, 0.3) is 0 Å². The summed E-state index contributed by atoms with van der Waals surface area (Å²) in [5, 5.41) is 10.1. The fraction of sp³-hybridized carbons (Fsp3) is 0.500. The van der Waals surface area contributed by atoms with Crippen molar-refractivity contribution in [2.45, 2.75) is 64.2 Å². The molecule has 144 valence electrons. The van der Waals surface area contributed by atoms with Gasteiger partial charge in [-0.25, -0.2) is 0 Å². The Bertz CT molecular complexity index is 488. The zero-order valence-electron chi connectivity index (χ0n) is 15.8. The van der Waals surface area contributed by atoms with Gasteiger partial charge in [-0.05, 0) is 44.9 Å². The predicted octanol–water partition coefficient (Wildman–Crippen LogP) is 6.14. The van der Waals surface area contributed by atoms with Gasteiger partial charge in [0.05, 0.1) is 0 Å². The second-order valence-corrected chi connectivity index (χ2v) is 5.95. The Hall–Kier alpha value is -2.23. The third kappa shape index (κ3) is 21.8. The summed E-state index contributed by atoms with van der Waals surface area (Å²) in [6.07, 6.45) is 31.4. The maximum atomic E-state index is 10.2. The van der Waals surface area contributed by atoms with Crippen molar-refractivity contribution in [1.82, 2.24) is 0 Å². The molecule has 26 heavy (non-hydrogen) atoms. The normalized spacial score (nSPS) is 12.5. The van der Waals surface area contributed by atoms with Crippen LogP contribution in [0, 0.1) is 10.1 Å². The molecule has 4 nitrogen and oxygen atoms in total. The van der Waals surface area contributed by atoms with Gasteiger partial charge in [0.15, 0.2) is 0 Å². The summed E-state index contributed by atoms with van der Waals surface area (Å²) in [5.74, 6) is 0. The fourth-order valence-corrected chi connectivity index (χ4v) is 2.17. The lowest BCUT2D eigenvalue weighted by atomic mass is 10.1. The average Bonchev–Trinajstić information content (AvgIpc) is 2.62. The molecule has 0 aliphatic rings. The summed E-state index contributed by atoms with van der Waals surface area (Å²) in [7, 11) is 0. The van der Waals surface area contributed by atoms with E-state index in [2.05, 4.69) is 48.6 Å². The number of carbonyl (C=O) groups excluding carboxylic acids is 1. The van der Waals surface area contributed by atoms with Gasteiger partial charge in [0.1, 0.15) is 6.29 Å². The van der Waals surface area contributed by atoms with E-state index >= 15 is 0 Å². The van der Waals surface area contributed by atoms with E-state index < -0.39 is 0 Å². The van der Waals surface area contributed by atoms with Crippen LogP contribution in [0.1, 0.15) is 64.2 Å². The molecule has 0 bridgehead atoms. The van der Waals surface area contributed by atoms with Crippen molar-refractivity contribution in [3.63, 3.8) is 0 Å². The van der Waals surface area contributed by atoms with Crippen LogP contribution in [0.15, 0.2) is 60.8 Å². The van der Waals surface area contributed by atoms with Gasteiger partial charge in [0, 0.05) is 17.8 Å². The first-order valence-corrected chi connectivity index (χ1v) is 9.57. The molecule has 0 saturated carbocycles. The standard InChI is InChI=1S/C22H33NO3/c24-22-20-18-16-14-12-10-8-6-4-2-1-3-5-7-9-11-13-15-17-19-21-23(25)26/h2-5,8-11,15,17,22H,1,6-7,12-14,16,18-21H2. The Labute approximate surface area is 158 Å². The molecule has 0 unspecified atom stereocenters. The highest BCUT2D eigenvalue weighted by molar-refractivity contribution is 5.48. The largest absolute Gasteiger partial charge is 0.303 e. The van der Waals surface area contributed by atoms with Crippen LogP contribution in [0.5, 0.6) is 0 Å². The van der Waals surface area contributed by atoms with Crippen LogP contribution in [0.25, 0.3) is 0 Å². The average molecular weight is 360 g/mol. The number of nitrogens with zero attached hydrogens (tertiary/aromatic N) is 1. The highest BCUT2D eigenvalue weighted by Crippen LogP contribution is 2.03. The van der Waals surface area contributed by atoms with Gasteiger partial charge >= 0.3 is 0 Å². The molecule has 0 heterocycles. The Kier molecular flexibility index (Phi) is 19.0. The molecule has 0 fully saturated rings. The molecule has 0 atom stereocenters. The molecule has 0 amide bonds. The molecule has 0 aliphatic carbocycles. The summed E-state index contributed by atoms with van der Waals surface area (Å²) in [6.45, 7) is 0.00867. The zero-order valence-corrected chi connectivity index (χ0v) is 15.8. The van der Waals surface area contributed by atoms with Crippen LogP contribution in [-0.4, -0.2) is 17.8 Å². The minimum atomic E-state index is -0.296. The van der Waals surface area contributed by atoms with Crippen LogP contribution in [-0.2, 0) is 4.79 Å². The summed E-state index contributed by atoms with van der Waals surface area (Å²) >= 11 is 0. The van der Waals surface area contributed by atoms with Gasteiger partial charge in [0.2, 0.25) is 6.54 Å². The maximum absolute atomic E-state index is 10.2. The second kappa shape index (κ2) is 20.8. The molecule has 0 spiro atoms. The minimum Gasteiger partial charge on any atom is -0.303 e. The Morgan fingerprint density at radius 3 is 1.46 bits per heavy atom. The number of nitro groups is 1. The quantitative estimate of drug-likeness (QED) is 0.103. The molecule has 0 aromatic rings. The summed E-state index contributed by atoms with van der Waals surface area (Å²) in [4.78, 5) is 20.0. The third-order valence-electron chi connectivity index (χ3n) is 3.59. The van der Waals surface area contributed by atoms with Crippen molar-refractivity contribution >= 4 is 6.29 Å². The Morgan fingerprint density at radius 1 is 0.577 bits per heavy atom. The molecule has 0 radical (unpaired) electrons. The van der Waals surface area contributed by atoms with Gasteiger partial charge in [-0.3, -0.25) is 10.1 Å².